The second kappa shape index (κ2) is 3.74. The predicted octanol–water partition coefficient (Wildman–Crippen LogP) is 2.90. The first-order chi connectivity index (χ1) is 6.70. The molecule has 2 N–H and O–H groups in total. The fraction of sp³-hybridized carbons (Fsp3) is 0.538. The summed E-state index contributed by atoms with van der Waals surface area (Å²) >= 11 is 0. The van der Waals surface area contributed by atoms with E-state index < -0.39 is 0 Å². The third kappa shape index (κ3) is 1.57. The fourth-order valence-electron chi connectivity index (χ4n) is 2.37. The smallest absolute Gasteiger partial charge is 0.0326 e. The summed E-state index contributed by atoms with van der Waals surface area (Å²) in [5.74, 6) is 1.33. The van der Waals surface area contributed by atoms with Crippen molar-refractivity contribution in [1.29, 1.82) is 0 Å². The minimum Gasteiger partial charge on any atom is -0.324 e. The Hall–Kier alpha value is -0.820. The van der Waals surface area contributed by atoms with Crippen LogP contribution >= 0.6 is 0 Å². The summed E-state index contributed by atoms with van der Waals surface area (Å²) in [7, 11) is 0. The van der Waals surface area contributed by atoms with Gasteiger partial charge in [-0.15, -0.1) is 0 Å². The zero-order valence-electron chi connectivity index (χ0n) is 9.03. The number of nitrogens with two attached hydrogens (primary N) is 1. The summed E-state index contributed by atoms with van der Waals surface area (Å²) in [4.78, 5) is 0. The zero-order chi connectivity index (χ0) is 10.1. The number of benzene rings is 1. The summed E-state index contributed by atoms with van der Waals surface area (Å²) in [5.41, 5.74) is 9.10. The molecule has 1 aliphatic carbocycles. The molecule has 0 aromatic heterocycles. The van der Waals surface area contributed by atoms with E-state index in [1.807, 2.05) is 0 Å². The summed E-state index contributed by atoms with van der Waals surface area (Å²) in [5, 5.41) is 0. The van der Waals surface area contributed by atoms with Crippen molar-refractivity contribution in [3.8, 4) is 0 Å². The molecule has 0 saturated heterocycles. The highest BCUT2D eigenvalue weighted by Gasteiger charge is 2.25. The Morgan fingerprint density at radius 2 is 1.93 bits per heavy atom. The minimum atomic E-state index is 0.226. The van der Waals surface area contributed by atoms with Crippen LogP contribution in [0.2, 0.25) is 0 Å². The lowest BCUT2D eigenvalue weighted by Gasteiger charge is -2.23. The number of aryl methyl sites for hydroxylation is 1. The molecular weight excluding hydrogens is 170 g/mol. The lowest BCUT2D eigenvalue weighted by atomic mass is 9.86. The Kier molecular flexibility index (Phi) is 2.60. The maximum Gasteiger partial charge on any atom is 0.0326 e. The van der Waals surface area contributed by atoms with E-state index in [0.717, 1.165) is 5.92 Å². The third-order valence-electron chi connectivity index (χ3n) is 3.75. The van der Waals surface area contributed by atoms with Gasteiger partial charge in [0.15, 0.2) is 0 Å². The molecule has 0 radical (unpaired) electrons. The maximum absolute atomic E-state index is 6.28. The van der Waals surface area contributed by atoms with E-state index in [-0.39, 0.29) is 6.04 Å². The fourth-order valence-corrected chi connectivity index (χ4v) is 2.37. The predicted molar refractivity (Wildman–Crippen MR) is 60.0 cm³/mol. The Bertz CT molecular complexity index is 319. The quantitative estimate of drug-likeness (QED) is 0.624. The van der Waals surface area contributed by atoms with Gasteiger partial charge in [0.2, 0.25) is 0 Å². The molecule has 0 spiro atoms. The van der Waals surface area contributed by atoms with Crippen LogP contribution in [0, 0.1) is 11.8 Å². The topological polar surface area (TPSA) is 26.0 Å². The van der Waals surface area contributed by atoms with Crippen LogP contribution in [0.1, 0.15) is 37.4 Å². The van der Waals surface area contributed by atoms with Crippen molar-refractivity contribution in [2.24, 2.45) is 17.6 Å². The highest BCUT2D eigenvalue weighted by Crippen LogP contribution is 2.34. The molecule has 1 aromatic carbocycles. The average molecular weight is 189 g/mol. The number of hydrogen-bond acceptors (Lipinski definition) is 1. The summed E-state index contributed by atoms with van der Waals surface area (Å²) in [6, 6.07) is 8.85. The Balaban J connectivity index is 2.40. The highest BCUT2D eigenvalue weighted by molar-refractivity contribution is 5.31. The van der Waals surface area contributed by atoms with Gasteiger partial charge in [-0.3, -0.25) is 0 Å². The second-order valence-electron chi connectivity index (χ2n) is 4.60. The van der Waals surface area contributed by atoms with E-state index in [0.29, 0.717) is 5.92 Å². The van der Waals surface area contributed by atoms with Crippen molar-refractivity contribution >= 4 is 0 Å². The van der Waals surface area contributed by atoms with Gasteiger partial charge in [-0.25, -0.2) is 0 Å². The van der Waals surface area contributed by atoms with Gasteiger partial charge in [-0.2, -0.15) is 0 Å². The highest BCUT2D eigenvalue weighted by atomic mass is 14.7. The van der Waals surface area contributed by atoms with Gasteiger partial charge in [0.25, 0.3) is 0 Å². The van der Waals surface area contributed by atoms with E-state index in [2.05, 4.69) is 38.1 Å². The molecule has 0 aliphatic heterocycles. The number of hydrogen-bond donors (Lipinski definition) is 1. The molecule has 3 unspecified atom stereocenters. The van der Waals surface area contributed by atoms with Crippen molar-refractivity contribution in [2.45, 2.75) is 32.7 Å². The Morgan fingerprint density at radius 3 is 2.71 bits per heavy atom. The van der Waals surface area contributed by atoms with Crippen molar-refractivity contribution in [2.75, 3.05) is 0 Å². The van der Waals surface area contributed by atoms with Crippen molar-refractivity contribution in [3.63, 3.8) is 0 Å². The average Bonchev–Trinajstić information content (AvgIpc) is 2.32. The molecule has 0 saturated carbocycles. The molecule has 1 aromatic rings. The molecule has 1 nitrogen and oxygen atoms in total. The van der Waals surface area contributed by atoms with Crippen LogP contribution in [0.4, 0.5) is 0 Å². The number of fused-ring (bicyclic) bond motifs is 1. The van der Waals surface area contributed by atoms with Gasteiger partial charge in [0, 0.05) is 6.04 Å². The van der Waals surface area contributed by atoms with Crippen LogP contribution in [-0.4, -0.2) is 0 Å². The van der Waals surface area contributed by atoms with Crippen LogP contribution in [0.3, 0.4) is 0 Å². The van der Waals surface area contributed by atoms with Crippen LogP contribution < -0.4 is 5.73 Å². The van der Waals surface area contributed by atoms with Gasteiger partial charge >= 0.3 is 0 Å². The van der Waals surface area contributed by atoms with Crippen molar-refractivity contribution in [3.05, 3.63) is 35.4 Å². The molecule has 1 heteroatoms. The molecule has 0 bridgehead atoms. The van der Waals surface area contributed by atoms with Gasteiger partial charge in [0.05, 0.1) is 0 Å². The first kappa shape index (κ1) is 9.72. The lowest BCUT2D eigenvalue weighted by Crippen LogP contribution is -2.22. The standard InChI is InChI=1S/C13H19N/c1-9-7-8-11-5-3-4-6-12(11)13(14)10(9)2/h3-6,9-10,13H,7-8,14H2,1-2H3. The van der Waals surface area contributed by atoms with Crippen molar-refractivity contribution in [1.82, 2.24) is 0 Å². The van der Waals surface area contributed by atoms with Gasteiger partial charge in [-0.1, -0.05) is 38.1 Å². The first-order valence-corrected chi connectivity index (χ1v) is 5.53. The summed E-state index contributed by atoms with van der Waals surface area (Å²) in [6.45, 7) is 4.59. The zero-order valence-corrected chi connectivity index (χ0v) is 9.03. The molecule has 1 aliphatic rings. The van der Waals surface area contributed by atoms with Crippen molar-refractivity contribution < 1.29 is 0 Å². The van der Waals surface area contributed by atoms with E-state index in [9.17, 15) is 0 Å². The van der Waals surface area contributed by atoms with E-state index >= 15 is 0 Å². The molecule has 0 amide bonds. The molecule has 2 rings (SSSR count). The van der Waals surface area contributed by atoms with Crippen LogP contribution in [-0.2, 0) is 6.42 Å². The largest absolute Gasteiger partial charge is 0.324 e. The minimum absolute atomic E-state index is 0.226. The molecule has 76 valence electrons. The van der Waals surface area contributed by atoms with Gasteiger partial charge in [0.1, 0.15) is 0 Å². The maximum atomic E-state index is 6.28. The Labute approximate surface area is 86.3 Å². The monoisotopic (exact) mass is 189 g/mol. The normalized spacial score (nSPS) is 32.1. The Morgan fingerprint density at radius 1 is 1.21 bits per heavy atom. The van der Waals surface area contributed by atoms with E-state index in [4.69, 9.17) is 5.73 Å². The van der Waals surface area contributed by atoms with E-state index in [1.54, 1.807) is 0 Å². The van der Waals surface area contributed by atoms with Gasteiger partial charge < -0.3 is 5.73 Å². The number of rotatable bonds is 0. The summed E-state index contributed by atoms with van der Waals surface area (Å²) < 4.78 is 0. The molecule has 14 heavy (non-hydrogen) atoms. The SMILES string of the molecule is CC1CCc2ccccc2C(N)C1C. The van der Waals surface area contributed by atoms with Crippen LogP contribution in [0.5, 0.6) is 0 Å². The molecule has 0 heterocycles. The van der Waals surface area contributed by atoms with E-state index in [1.165, 1.54) is 24.0 Å². The van der Waals surface area contributed by atoms with Crippen LogP contribution in [0.25, 0.3) is 0 Å². The lowest BCUT2D eigenvalue weighted by molar-refractivity contribution is 0.325. The third-order valence-corrected chi connectivity index (χ3v) is 3.75. The second-order valence-corrected chi connectivity index (χ2v) is 4.60. The first-order valence-electron chi connectivity index (χ1n) is 5.53. The summed E-state index contributed by atoms with van der Waals surface area (Å²) in [6.07, 6.45) is 2.46. The molecular formula is C13H19N. The van der Waals surface area contributed by atoms with Gasteiger partial charge in [-0.05, 0) is 35.8 Å². The molecule has 0 fully saturated rings. The van der Waals surface area contributed by atoms with Crippen LogP contribution in [0.15, 0.2) is 24.3 Å². The molecule has 3 atom stereocenters.